The Bertz CT molecular complexity index is 562. The largest absolute Gasteiger partial charge is 0.497 e. The van der Waals surface area contributed by atoms with Gasteiger partial charge in [0, 0.05) is 6.42 Å². The van der Waals surface area contributed by atoms with Crippen molar-refractivity contribution in [1.29, 1.82) is 0 Å². The highest BCUT2D eigenvalue weighted by Gasteiger charge is 2.39. The zero-order valence-electron chi connectivity index (χ0n) is 16.3. The van der Waals surface area contributed by atoms with Gasteiger partial charge in [0.15, 0.2) is 5.60 Å². The quantitative estimate of drug-likeness (QED) is 0.209. The van der Waals surface area contributed by atoms with Gasteiger partial charge in [0.1, 0.15) is 5.75 Å². The van der Waals surface area contributed by atoms with E-state index in [0.717, 1.165) is 30.6 Å². The van der Waals surface area contributed by atoms with E-state index in [-0.39, 0.29) is 5.97 Å². The van der Waals surface area contributed by atoms with Crippen LogP contribution < -0.4 is 4.74 Å². The van der Waals surface area contributed by atoms with Crippen molar-refractivity contribution in [3.8, 4) is 5.75 Å². The molecule has 0 aliphatic carbocycles. The lowest BCUT2D eigenvalue weighted by Crippen LogP contribution is -2.42. The van der Waals surface area contributed by atoms with Gasteiger partial charge in [-0.3, -0.25) is 0 Å². The number of benzene rings is 1. The Hall–Kier alpha value is -2.07. The fourth-order valence-corrected chi connectivity index (χ4v) is 2.66. The lowest BCUT2D eigenvalue weighted by atomic mass is 10.2. The van der Waals surface area contributed by atoms with Gasteiger partial charge in [-0.15, -0.1) is 6.58 Å². The van der Waals surface area contributed by atoms with Crippen LogP contribution in [0.3, 0.4) is 0 Å². The molecular weight excluding hydrogens is 329 g/mol. The van der Waals surface area contributed by atoms with E-state index in [4.69, 9.17) is 14.2 Å². The van der Waals surface area contributed by atoms with E-state index in [2.05, 4.69) is 19.6 Å². The summed E-state index contributed by atoms with van der Waals surface area (Å²) in [4.78, 5) is 12.5. The zero-order chi connectivity index (χ0) is 19.3. The second-order valence-corrected chi connectivity index (χ2v) is 6.27. The molecule has 0 fully saturated rings. The van der Waals surface area contributed by atoms with Crippen molar-refractivity contribution in [2.45, 2.75) is 57.7 Å². The molecule has 1 aromatic carbocycles. The van der Waals surface area contributed by atoms with Crippen LogP contribution in [0.25, 0.3) is 0 Å². The molecule has 0 heterocycles. The zero-order valence-corrected chi connectivity index (χ0v) is 16.3. The fourth-order valence-electron chi connectivity index (χ4n) is 2.66. The first-order valence-electron chi connectivity index (χ1n) is 9.23. The maximum Gasteiger partial charge on any atom is 0.338 e. The number of hydrogen-bond acceptors (Lipinski definition) is 4. The van der Waals surface area contributed by atoms with Crippen LogP contribution in [0.5, 0.6) is 5.75 Å². The van der Waals surface area contributed by atoms with E-state index in [0.29, 0.717) is 25.9 Å². The molecule has 0 unspecified atom stereocenters. The van der Waals surface area contributed by atoms with Crippen molar-refractivity contribution < 1.29 is 19.0 Å². The van der Waals surface area contributed by atoms with E-state index in [9.17, 15) is 4.79 Å². The summed E-state index contributed by atoms with van der Waals surface area (Å²) in [5, 5.41) is 0. The lowest BCUT2D eigenvalue weighted by molar-refractivity contribution is -0.172. The number of methoxy groups -OCH3 is 2. The van der Waals surface area contributed by atoms with E-state index in [1.54, 1.807) is 13.2 Å². The van der Waals surface area contributed by atoms with Crippen LogP contribution >= 0.6 is 0 Å². The van der Waals surface area contributed by atoms with Crippen molar-refractivity contribution >= 4 is 5.97 Å². The molecule has 0 amide bonds. The maximum atomic E-state index is 12.5. The van der Waals surface area contributed by atoms with Gasteiger partial charge >= 0.3 is 5.97 Å². The highest BCUT2D eigenvalue weighted by Crippen LogP contribution is 2.28. The molecule has 0 aliphatic heterocycles. The van der Waals surface area contributed by atoms with Gasteiger partial charge in [-0.05, 0) is 37.0 Å². The van der Waals surface area contributed by atoms with Crippen LogP contribution in [-0.2, 0) is 20.9 Å². The normalized spacial score (nSPS) is 13.3. The smallest absolute Gasteiger partial charge is 0.338 e. The lowest BCUT2D eigenvalue weighted by Gasteiger charge is -2.30. The SMILES string of the molecule is C=CCC[13C@](C/C=C/CCCC)(OCc1ccc(OC)cc1)C(=O)OC. The second-order valence-electron chi connectivity index (χ2n) is 6.27. The predicted molar refractivity (Wildman–Crippen MR) is 105 cm³/mol. The second kappa shape index (κ2) is 12.3. The number of rotatable bonds is 13. The van der Waals surface area contributed by atoms with Crippen molar-refractivity contribution in [3.63, 3.8) is 0 Å². The average molecular weight is 361 g/mol. The first-order valence-corrected chi connectivity index (χ1v) is 9.23. The fraction of sp³-hybridized carbons (Fsp3) is 0.500. The Morgan fingerprint density at radius 2 is 1.88 bits per heavy atom. The summed E-state index contributed by atoms with van der Waals surface area (Å²) >= 11 is 0. The summed E-state index contributed by atoms with van der Waals surface area (Å²) in [5.41, 5.74) is -0.0152. The first-order chi connectivity index (χ1) is 12.6. The van der Waals surface area contributed by atoms with Gasteiger partial charge in [0.25, 0.3) is 0 Å². The molecule has 4 heteroatoms. The van der Waals surface area contributed by atoms with E-state index < -0.39 is 5.60 Å². The topological polar surface area (TPSA) is 44.8 Å². The minimum atomic E-state index is -0.994. The van der Waals surface area contributed by atoms with Gasteiger partial charge in [0.05, 0.1) is 20.8 Å². The van der Waals surface area contributed by atoms with E-state index in [1.807, 2.05) is 30.3 Å². The van der Waals surface area contributed by atoms with Gasteiger partial charge in [-0.1, -0.05) is 50.1 Å². The number of ether oxygens (including phenoxy) is 3. The van der Waals surface area contributed by atoms with E-state index >= 15 is 0 Å². The number of hydrogen-bond donors (Lipinski definition) is 0. The molecule has 144 valence electrons. The van der Waals surface area contributed by atoms with Crippen LogP contribution in [0.2, 0.25) is 0 Å². The maximum absolute atomic E-state index is 12.5. The standard InChI is InChI=1S/C22H32O4/c1-5-7-9-10-11-17-22(16-8-6-2,21(23)25-4)26-18-19-12-14-20(24-3)15-13-19/h6,10-15H,2,5,7-9,16-18H2,1,3-4H3/b11-10+/t22-/m1/s1/i22+1. The molecule has 0 aromatic heterocycles. The summed E-state index contributed by atoms with van der Waals surface area (Å²) < 4.78 is 16.4. The van der Waals surface area contributed by atoms with Gasteiger partial charge in [0.2, 0.25) is 0 Å². The molecule has 0 radical (unpaired) electrons. The molecule has 0 aliphatic rings. The number of esters is 1. The average Bonchev–Trinajstić information content (AvgIpc) is 2.69. The number of unbranched alkanes of at least 4 members (excludes halogenated alkanes) is 2. The monoisotopic (exact) mass is 361 g/mol. The van der Waals surface area contributed by atoms with Crippen LogP contribution in [0.4, 0.5) is 0 Å². The number of carbonyl (C=O) groups excluding carboxylic acids is 1. The Labute approximate surface area is 157 Å². The summed E-state index contributed by atoms with van der Waals surface area (Å²) in [7, 11) is 3.04. The molecule has 26 heavy (non-hydrogen) atoms. The van der Waals surface area contributed by atoms with Crippen LogP contribution in [0, 0.1) is 0 Å². The molecular formula is C22H32O4. The minimum absolute atomic E-state index is 0.332. The molecule has 1 atom stereocenters. The number of carbonyl (C=O) groups is 1. The first kappa shape index (κ1) is 22.0. The highest BCUT2D eigenvalue weighted by atomic mass is 16.6. The van der Waals surface area contributed by atoms with Crippen molar-refractivity contribution in [3.05, 3.63) is 54.6 Å². The molecule has 0 spiro atoms. The Morgan fingerprint density at radius 3 is 2.46 bits per heavy atom. The van der Waals surface area contributed by atoms with Crippen LogP contribution in [0.1, 0.15) is 51.0 Å². The van der Waals surface area contributed by atoms with Crippen LogP contribution in [0.15, 0.2) is 49.1 Å². The summed E-state index contributed by atoms with van der Waals surface area (Å²) in [6.45, 7) is 6.26. The van der Waals surface area contributed by atoms with Gasteiger partial charge in [-0.25, -0.2) is 4.79 Å². The van der Waals surface area contributed by atoms with Crippen molar-refractivity contribution in [2.75, 3.05) is 14.2 Å². The van der Waals surface area contributed by atoms with Crippen LogP contribution in [-0.4, -0.2) is 25.8 Å². The third-order valence-corrected chi connectivity index (χ3v) is 4.32. The Morgan fingerprint density at radius 1 is 1.15 bits per heavy atom. The van der Waals surface area contributed by atoms with Crippen molar-refractivity contribution in [2.24, 2.45) is 0 Å². The summed E-state index contributed by atoms with van der Waals surface area (Å²) in [6.07, 6.45) is 11.0. The minimum Gasteiger partial charge on any atom is -0.497 e. The van der Waals surface area contributed by atoms with Gasteiger partial charge in [-0.2, -0.15) is 0 Å². The highest BCUT2D eigenvalue weighted by molar-refractivity contribution is 5.79. The Kier molecular flexibility index (Phi) is 10.4. The molecule has 1 rings (SSSR count). The summed E-state index contributed by atoms with van der Waals surface area (Å²) in [6, 6.07) is 7.64. The summed E-state index contributed by atoms with van der Waals surface area (Å²) in [5.74, 6) is 0.450. The molecule has 0 bridgehead atoms. The van der Waals surface area contributed by atoms with Crippen molar-refractivity contribution in [1.82, 2.24) is 0 Å². The number of allylic oxidation sites excluding steroid dienone is 2. The third kappa shape index (κ3) is 7.04. The van der Waals surface area contributed by atoms with Gasteiger partial charge < -0.3 is 14.2 Å². The van der Waals surface area contributed by atoms with E-state index in [1.165, 1.54) is 7.11 Å². The molecule has 4 nitrogen and oxygen atoms in total. The molecule has 0 N–H and O–H groups in total. The molecule has 0 saturated heterocycles. The Balaban J connectivity index is 2.88. The molecule has 0 saturated carbocycles. The third-order valence-electron chi connectivity index (χ3n) is 4.32. The predicted octanol–water partition coefficient (Wildman–Crippen LogP) is 5.23. The molecule has 1 aromatic rings.